The van der Waals surface area contributed by atoms with Crippen LogP contribution in [0.2, 0.25) is 0 Å². The Balaban J connectivity index is 2.41. The molecule has 0 aliphatic carbocycles. The smallest absolute Gasteiger partial charge is 0.230 e. The van der Waals surface area contributed by atoms with Crippen LogP contribution in [0.1, 0.15) is 26.7 Å². The number of anilines is 2. The van der Waals surface area contributed by atoms with E-state index in [1.165, 1.54) is 0 Å². The second-order valence-electron chi connectivity index (χ2n) is 5.05. The van der Waals surface area contributed by atoms with Crippen molar-refractivity contribution in [3.63, 3.8) is 0 Å². The van der Waals surface area contributed by atoms with Gasteiger partial charge in [0.2, 0.25) is 17.7 Å². The van der Waals surface area contributed by atoms with Crippen molar-refractivity contribution in [3.05, 3.63) is 12.4 Å². The van der Waals surface area contributed by atoms with Crippen molar-refractivity contribution in [2.24, 2.45) is 0 Å². The molecule has 0 bridgehead atoms. The Morgan fingerprint density at radius 1 is 1.14 bits per heavy atom. The summed E-state index contributed by atoms with van der Waals surface area (Å²) in [5, 5.41) is 3.22. The molecule has 0 saturated carbocycles. The molecule has 0 radical (unpaired) electrons. The third-order valence-electron chi connectivity index (χ3n) is 2.94. The van der Waals surface area contributed by atoms with Crippen LogP contribution in [0.25, 0.3) is 11.6 Å². The van der Waals surface area contributed by atoms with Crippen molar-refractivity contribution in [3.8, 4) is 11.6 Å². The molecule has 7 heteroatoms. The van der Waals surface area contributed by atoms with E-state index in [9.17, 15) is 0 Å². The predicted molar refractivity (Wildman–Crippen MR) is 84.4 cm³/mol. The molecule has 0 fully saturated rings. The molecule has 1 N–H and O–H groups in total. The lowest BCUT2D eigenvalue weighted by atomic mass is 10.4. The van der Waals surface area contributed by atoms with Gasteiger partial charge in [-0.05, 0) is 12.8 Å². The molecule has 2 heterocycles. The van der Waals surface area contributed by atoms with Crippen LogP contribution in [0.15, 0.2) is 12.4 Å². The van der Waals surface area contributed by atoms with Crippen LogP contribution in [-0.2, 0) is 6.54 Å². The lowest BCUT2D eigenvalue weighted by Gasteiger charge is -2.13. The van der Waals surface area contributed by atoms with Gasteiger partial charge in [0.25, 0.3) is 0 Å². The quantitative estimate of drug-likeness (QED) is 0.841. The van der Waals surface area contributed by atoms with Gasteiger partial charge in [0, 0.05) is 39.6 Å². The summed E-state index contributed by atoms with van der Waals surface area (Å²) in [6, 6.07) is 0. The minimum absolute atomic E-state index is 0.594. The van der Waals surface area contributed by atoms with Crippen molar-refractivity contribution >= 4 is 11.9 Å². The van der Waals surface area contributed by atoms with Gasteiger partial charge in [0.1, 0.15) is 0 Å². The van der Waals surface area contributed by atoms with Gasteiger partial charge in [-0.15, -0.1) is 0 Å². The zero-order valence-corrected chi connectivity index (χ0v) is 13.2. The van der Waals surface area contributed by atoms with E-state index in [0.717, 1.165) is 31.8 Å². The SMILES string of the molecule is CCCNc1nc(-c2nccn2CCC)nc(N(C)C)n1. The predicted octanol–water partition coefficient (Wildman–Crippen LogP) is 2.03. The molecule has 7 nitrogen and oxygen atoms in total. The standard InChI is InChI=1S/C14H23N7/c1-5-7-16-13-17-11(18-14(19-13)20(3)4)12-15-8-10-21(12)9-6-2/h8,10H,5-7,9H2,1-4H3,(H,16,17,18,19). The van der Waals surface area contributed by atoms with E-state index in [2.05, 4.69) is 43.7 Å². The molecule has 2 aromatic rings. The molecule has 0 amide bonds. The third-order valence-corrected chi connectivity index (χ3v) is 2.94. The molecule has 2 rings (SSSR count). The average molecular weight is 289 g/mol. The first-order chi connectivity index (χ1) is 10.2. The Morgan fingerprint density at radius 2 is 1.95 bits per heavy atom. The van der Waals surface area contributed by atoms with E-state index in [4.69, 9.17) is 0 Å². The van der Waals surface area contributed by atoms with Gasteiger partial charge in [0.05, 0.1) is 0 Å². The van der Waals surface area contributed by atoms with Gasteiger partial charge in [0.15, 0.2) is 5.82 Å². The van der Waals surface area contributed by atoms with Crippen molar-refractivity contribution in [2.75, 3.05) is 30.9 Å². The zero-order valence-electron chi connectivity index (χ0n) is 13.2. The van der Waals surface area contributed by atoms with Crippen LogP contribution in [0.5, 0.6) is 0 Å². The lowest BCUT2D eigenvalue weighted by Crippen LogP contribution is -2.17. The summed E-state index contributed by atoms with van der Waals surface area (Å²) in [6.45, 7) is 5.97. The second kappa shape index (κ2) is 7.01. The summed E-state index contributed by atoms with van der Waals surface area (Å²) in [5.74, 6) is 2.61. The zero-order chi connectivity index (χ0) is 15.2. The van der Waals surface area contributed by atoms with E-state index in [-0.39, 0.29) is 0 Å². The van der Waals surface area contributed by atoms with Crippen LogP contribution in [-0.4, -0.2) is 45.1 Å². The van der Waals surface area contributed by atoms with Gasteiger partial charge >= 0.3 is 0 Å². The number of nitrogens with zero attached hydrogens (tertiary/aromatic N) is 6. The molecule has 0 atom stereocenters. The molecule has 21 heavy (non-hydrogen) atoms. The first kappa shape index (κ1) is 15.2. The number of imidazole rings is 1. The largest absolute Gasteiger partial charge is 0.354 e. The first-order valence-electron chi connectivity index (χ1n) is 7.34. The number of nitrogens with one attached hydrogen (secondary N) is 1. The highest BCUT2D eigenvalue weighted by atomic mass is 15.3. The van der Waals surface area contributed by atoms with Crippen LogP contribution in [0, 0.1) is 0 Å². The van der Waals surface area contributed by atoms with Crippen LogP contribution in [0.4, 0.5) is 11.9 Å². The molecule has 0 spiro atoms. The highest BCUT2D eigenvalue weighted by molar-refractivity contribution is 5.50. The van der Waals surface area contributed by atoms with E-state index >= 15 is 0 Å². The number of hydrogen-bond donors (Lipinski definition) is 1. The Morgan fingerprint density at radius 3 is 2.62 bits per heavy atom. The normalized spacial score (nSPS) is 10.7. The maximum atomic E-state index is 4.51. The summed E-state index contributed by atoms with van der Waals surface area (Å²) < 4.78 is 2.07. The highest BCUT2D eigenvalue weighted by Crippen LogP contribution is 2.17. The molecule has 114 valence electrons. The number of rotatable bonds is 7. The van der Waals surface area contributed by atoms with Gasteiger partial charge < -0.3 is 14.8 Å². The summed E-state index contributed by atoms with van der Waals surface area (Å²) >= 11 is 0. The minimum Gasteiger partial charge on any atom is -0.354 e. The van der Waals surface area contributed by atoms with Crippen molar-refractivity contribution in [2.45, 2.75) is 33.2 Å². The Hall–Kier alpha value is -2.18. The Kier molecular flexibility index (Phi) is 5.08. The second-order valence-corrected chi connectivity index (χ2v) is 5.05. The van der Waals surface area contributed by atoms with Crippen molar-refractivity contribution in [1.29, 1.82) is 0 Å². The fourth-order valence-corrected chi connectivity index (χ4v) is 1.92. The molecular weight excluding hydrogens is 266 g/mol. The average Bonchev–Trinajstić information content (AvgIpc) is 2.93. The lowest BCUT2D eigenvalue weighted by molar-refractivity contribution is 0.681. The monoisotopic (exact) mass is 289 g/mol. The third kappa shape index (κ3) is 3.68. The number of aromatic nitrogens is 5. The number of aryl methyl sites for hydroxylation is 1. The fourth-order valence-electron chi connectivity index (χ4n) is 1.92. The van der Waals surface area contributed by atoms with Crippen LogP contribution < -0.4 is 10.2 Å². The molecular formula is C14H23N7. The first-order valence-corrected chi connectivity index (χ1v) is 7.34. The topological polar surface area (TPSA) is 71.8 Å². The Bertz CT molecular complexity index is 576. The van der Waals surface area contributed by atoms with Gasteiger partial charge in [-0.25, -0.2) is 4.98 Å². The van der Waals surface area contributed by atoms with Crippen molar-refractivity contribution < 1.29 is 0 Å². The van der Waals surface area contributed by atoms with Gasteiger partial charge in [-0.3, -0.25) is 0 Å². The van der Waals surface area contributed by atoms with Gasteiger partial charge in [-0.2, -0.15) is 15.0 Å². The van der Waals surface area contributed by atoms with Gasteiger partial charge in [-0.1, -0.05) is 13.8 Å². The highest BCUT2D eigenvalue weighted by Gasteiger charge is 2.13. The summed E-state index contributed by atoms with van der Waals surface area (Å²) in [4.78, 5) is 19.7. The maximum Gasteiger partial charge on any atom is 0.230 e. The molecule has 0 aliphatic heterocycles. The van der Waals surface area contributed by atoms with Crippen LogP contribution in [0.3, 0.4) is 0 Å². The van der Waals surface area contributed by atoms with E-state index < -0.39 is 0 Å². The van der Waals surface area contributed by atoms with E-state index in [1.807, 2.05) is 25.2 Å². The number of hydrogen-bond acceptors (Lipinski definition) is 6. The fraction of sp³-hybridized carbons (Fsp3) is 0.571. The summed E-state index contributed by atoms with van der Waals surface area (Å²) in [6.07, 6.45) is 5.79. The Labute approximate surface area is 125 Å². The summed E-state index contributed by atoms with van der Waals surface area (Å²) in [7, 11) is 3.84. The van der Waals surface area contributed by atoms with Crippen LogP contribution >= 0.6 is 0 Å². The maximum absolute atomic E-state index is 4.51. The van der Waals surface area contributed by atoms with E-state index in [0.29, 0.717) is 17.7 Å². The molecule has 0 saturated heterocycles. The molecule has 2 aromatic heterocycles. The van der Waals surface area contributed by atoms with E-state index in [1.54, 1.807) is 6.20 Å². The van der Waals surface area contributed by atoms with Crippen molar-refractivity contribution in [1.82, 2.24) is 24.5 Å². The molecule has 0 aliphatic rings. The minimum atomic E-state index is 0.594. The summed E-state index contributed by atoms with van der Waals surface area (Å²) in [5.41, 5.74) is 0. The molecule has 0 aromatic carbocycles. The molecule has 0 unspecified atom stereocenters.